The quantitative estimate of drug-likeness (QED) is 0.603. The molecule has 0 N–H and O–H groups in total. The lowest BCUT2D eigenvalue weighted by Crippen LogP contribution is -2.59. The van der Waals surface area contributed by atoms with Crippen LogP contribution < -0.4 is 10.4 Å². The van der Waals surface area contributed by atoms with E-state index in [9.17, 15) is 0 Å². The summed E-state index contributed by atoms with van der Waals surface area (Å²) in [5.41, 5.74) is 0. The predicted molar refractivity (Wildman–Crippen MR) is 97.3 cm³/mol. The summed E-state index contributed by atoms with van der Waals surface area (Å²) in [4.78, 5) is 0. The Balaban J connectivity index is 2.53. The fourth-order valence-corrected chi connectivity index (χ4v) is 7.67. The molecular formula is C18H24OSi2. The minimum absolute atomic E-state index is 0.971. The summed E-state index contributed by atoms with van der Waals surface area (Å²) in [6.45, 7) is 13.3. The molecule has 21 heavy (non-hydrogen) atoms. The van der Waals surface area contributed by atoms with E-state index in [1.54, 1.807) is 0 Å². The van der Waals surface area contributed by atoms with Gasteiger partial charge in [0.25, 0.3) is 0 Å². The Labute approximate surface area is 130 Å². The van der Waals surface area contributed by atoms with E-state index >= 15 is 0 Å². The molecule has 3 heteroatoms. The van der Waals surface area contributed by atoms with E-state index in [4.69, 9.17) is 4.43 Å². The lowest BCUT2D eigenvalue weighted by atomic mass is 10.4. The Bertz CT molecular complexity index is 561. The lowest BCUT2D eigenvalue weighted by Gasteiger charge is -2.34. The molecule has 0 spiro atoms. The van der Waals surface area contributed by atoms with Crippen LogP contribution in [0.15, 0.2) is 72.6 Å². The topological polar surface area (TPSA) is 9.23 Å². The standard InChI is InChI=1S/C18H24OSi2/c1-16(19-20(2,3)4)21(5,17-12-8-6-9-13-17)18-14-10-7-11-15-18/h6-15H,1H2,2-5H3. The predicted octanol–water partition coefficient (Wildman–Crippen LogP) is 3.78. The molecule has 0 fully saturated rings. The summed E-state index contributed by atoms with van der Waals surface area (Å²) in [5, 5.41) is 3.66. The minimum Gasteiger partial charge on any atom is -0.551 e. The van der Waals surface area contributed by atoms with Crippen molar-refractivity contribution in [2.24, 2.45) is 0 Å². The van der Waals surface area contributed by atoms with Crippen LogP contribution in [-0.2, 0) is 4.43 Å². The molecule has 0 saturated carbocycles. The van der Waals surface area contributed by atoms with Crippen LogP contribution in [-0.4, -0.2) is 16.4 Å². The van der Waals surface area contributed by atoms with Gasteiger partial charge < -0.3 is 4.43 Å². The van der Waals surface area contributed by atoms with Crippen LogP contribution in [0.5, 0.6) is 0 Å². The van der Waals surface area contributed by atoms with Crippen molar-refractivity contribution < 1.29 is 4.43 Å². The van der Waals surface area contributed by atoms with Gasteiger partial charge in [0.1, 0.15) is 0 Å². The molecule has 0 aliphatic carbocycles. The van der Waals surface area contributed by atoms with Crippen LogP contribution in [0, 0.1) is 0 Å². The molecule has 110 valence electrons. The van der Waals surface area contributed by atoms with E-state index in [2.05, 4.69) is 93.4 Å². The molecule has 2 rings (SSSR count). The first-order chi connectivity index (χ1) is 9.84. The molecule has 0 aliphatic rings. The summed E-state index contributed by atoms with van der Waals surface area (Å²) < 4.78 is 6.32. The minimum atomic E-state index is -2.10. The van der Waals surface area contributed by atoms with Gasteiger partial charge in [-0.05, 0) is 30.0 Å². The van der Waals surface area contributed by atoms with E-state index in [1.165, 1.54) is 10.4 Å². The molecule has 0 bridgehead atoms. The van der Waals surface area contributed by atoms with Gasteiger partial charge in [-0.1, -0.05) is 73.8 Å². The van der Waals surface area contributed by atoms with Crippen molar-refractivity contribution in [2.45, 2.75) is 26.2 Å². The Morgan fingerprint density at radius 1 is 0.762 bits per heavy atom. The Morgan fingerprint density at radius 3 is 1.48 bits per heavy atom. The van der Waals surface area contributed by atoms with Gasteiger partial charge in [-0.15, -0.1) is 0 Å². The fraction of sp³-hybridized carbons (Fsp3) is 0.222. The van der Waals surface area contributed by atoms with Crippen LogP contribution >= 0.6 is 0 Å². The van der Waals surface area contributed by atoms with Crippen molar-refractivity contribution in [3.8, 4) is 0 Å². The average molecular weight is 313 g/mol. The summed E-state index contributed by atoms with van der Waals surface area (Å²) in [5.74, 6) is 0. The molecule has 2 aromatic rings. The third-order valence-electron chi connectivity index (χ3n) is 3.69. The normalized spacial score (nSPS) is 12.0. The summed E-state index contributed by atoms with van der Waals surface area (Å²) in [6.07, 6.45) is 0. The Hall–Kier alpha value is -1.59. The number of hydrogen-bond acceptors (Lipinski definition) is 1. The molecule has 0 saturated heterocycles. The van der Waals surface area contributed by atoms with Crippen LogP contribution in [0.3, 0.4) is 0 Å². The Morgan fingerprint density at radius 2 is 1.14 bits per heavy atom. The van der Waals surface area contributed by atoms with E-state index in [0.717, 1.165) is 5.38 Å². The fourth-order valence-electron chi connectivity index (χ4n) is 2.50. The van der Waals surface area contributed by atoms with Crippen molar-refractivity contribution in [1.82, 2.24) is 0 Å². The van der Waals surface area contributed by atoms with Crippen molar-refractivity contribution in [3.63, 3.8) is 0 Å². The van der Waals surface area contributed by atoms with Crippen molar-refractivity contribution in [2.75, 3.05) is 0 Å². The Kier molecular flexibility index (Phi) is 4.54. The number of rotatable bonds is 5. The zero-order chi connectivity index (χ0) is 15.5. The van der Waals surface area contributed by atoms with Crippen LogP contribution in [0.4, 0.5) is 0 Å². The monoisotopic (exact) mass is 312 g/mol. The van der Waals surface area contributed by atoms with E-state index in [-0.39, 0.29) is 0 Å². The maximum Gasteiger partial charge on any atom is 0.241 e. The van der Waals surface area contributed by atoms with Gasteiger partial charge in [0.05, 0.1) is 5.38 Å². The maximum atomic E-state index is 6.32. The second kappa shape index (κ2) is 6.04. The summed E-state index contributed by atoms with van der Waals surface area (Å²) in [7, 11) is -3.76. The largest absolute Gasteiger partial charge is 0.551 e. The molecule has 0 atom stereocenters. The lowest BCUT2D eigenvalue weighted by molar-refractivity contribution is 0.457. The van der Waals surface area contributed by atoms with Gasteiger partial charge in [0, 0.05) is 0 Å². The highest BCUT2D eigenvalue weighted by atomic mass is 28.4. The SMILES string of the molecule is C=C(O[Si](C)(C)C)[Si](C)(c1ccccc1)c1ccccc1. The second-order valence-corrected chi connectivity index (χ2v) is 14.9. The van der Waals surface area contributed by atoms with Crippen LogP contribution in [0.25, 0.3) is 0 Å². The van der Waals surface area contributed by atoms with Gasteiger partial charge in [-0.25, -0.2) is 0 Å². The third-order valence-corrected chi connectivity index (χ3v) is 8.95. The second-order valence-electron chi connectivity index (χ2n) is 6.49. The van der Waals surface area contributed by atoms with E-state index in [1.807, 2.05) is 0 Å². The zero-order valence-electron chi connectivity index (χ0n) is 13.4. The molecule has 0 amide bonds. The van der Waals surface area contributed by atoms with Crippen molar-refractivity contribution in [3.05, 3.63) is 72.6 Å². The molecule has 2 aromatic carbocycles. The van der Waals surface area contributed by atoms with E-state index < -0.39 is 16.4 Å². The molecule has 0 aromatic heterocycles. The molecule has 0 radical (unpaired) electrons. The first-order valence-electron chi connectivity index (χ1n) is 7.33. The first-order valence-corrected chi connectivity index (χ1v) is 13.2. The van der Waals surface area contributed by atoms with Crippen LogP contribution in [0.1, 0.15) is 0 Å². The highest BCUT2D eigenvalue weighted by Gasteiger charge is 2.38. The summed E-state index contributed by atoms with van der Waals surface area (Å²) in [6, 6.07) is 21.4. The molecule has 1 nitrogen and oxygen atoms in total. The van der Waals surface area contributed by atoms with Gasteiger partial charge in [0.2, 0.25) is 8.32 Å². The van der Waals surface area contributed by atoms with Crippen molar-refractivity contribution in [1.29, 1.82) is 0 Å². The number of hydrogen-bond donors (Lipinski definition) is 0. The highest BCUT2D eigenvalue weighted by molar-refractivity contribution is 7.06. The average Bonchev–Trinajstić information content (AvgIpc) is 2.46. The van der Waals surface area contributed by atoms with Gasteiger partial charge >= 0.3 is 0 Å². The van der Waals surface area contributed by atoms with E-state index in [0.29, 0.717) is 0 Å². The smallest absolute Gasteiger partial charge is 0.241 e. The zero-order valence-corrected chi connectivity index (χ0v) is 15.4. The maximum absolute atomic E-state index is 6.32. The molecule has 0 unspecified atom stereocenters. The third kappa shape index (κ3) is 3.54. The molecule has 0 aliphatic heterocycles. The number of benzene rings is 2. The molecular weight excluding hydrogens is 288 g/mol. The molecule has 0 heterocycles. The van der Waals surface area contributed by atoms with Crippen LogP contribution in [0.2, 0.25) is 26.2 Å². The highest BCUT2D eigenvalue weighted by Crippen LogP contribution is 2.20. The van der Waals surface area contributed by atoms with Gasteiger partial charge in [-0.3, -0.25) is 0 Å². The van der Waals surface area contributed by atoms with Gasteiger partial charge in [-0.2, -0.15) is 0 Å². The first kappa shape index (κ1) is 15.8. The van der Waals surface area contributed by atoms with Crippen molar-refractivity contribution >= 4 is 26.8 Å². The summed E-state index contributed by atoms with van der Waals surface area (Å²) >= 11 is 0. The van der Waals surface area contributed by atoms with Gasteiger partial charge in [0.15, 0.2) is 8.07 Å².